The lowest BCUT2D eigenvalue weighted by molar-refractivity contribution is -0.136. The summed E-state index contributed by atoms with van der Waals surface area (Å²) in [4.78, 5) is 13.2. The van der Waals surface area contributed by atoms with Crippen LogP contribution in [-0.2, 0) is 11.3 Å². The molecule has 148 valence electrons. The minimum atomic E-state index is -0.744. The number of para-hydroxylation sites is 1. The van der Waals surface area contributed by atoms with Gasteiger partial charge < -0.3 is 9.84 Å². The van der Waals surface area contributed by atoms with E-state index in [1.807, 2.05) is 18.2 Å². The van der Waals surface area contributed by atoms with Gasteiger partial charge in [0.05, 0.1) is 7.11 Å². The molecule has 0 bridgehead atoms. The third kappa shape index (κ3) is 5.46. The van der Waals surface area contributed by atoms with Crippen LogP contribution in [0, 0.1) is 5.92 Å². The van der Waals surface area contributed by atoms with E-state index in [4.69, 9.17) is 9.84 Å². The van der Waals surface area contributed by atoms with Gasteiger partial charge in [0.2, 0.25) is 0 Å². The molecule has 4 heteroatoms. The summed E-state index contributed by atoms with van der Waals surface area (Å²) in [6, 6.07) is 18.9. The number of ether oxygens (including phenoxy) is 1. The van der Waals surface area contributed by atoms with Gasteiger partial charge in [-0.1, -0.05) is 60.7 Å². The zero-order valence-corrected chi connectivity index (χ0v) is 16.5. The molecular formula is C24H29NO3. The van der Waals surface area contributed by atoms with Gasteiger partial charge in [-0.05, 0) is 36.0 Å². The molecule has 0 spiro atoms. The van der Waals surface area contributed by atoms with Gasteiger partial charge in [0.25, 0.3) is 0 Å². The fourth-order valence-corrected chi connectivity index (χ4v) is 4.09. The summed E-state index contributed by atoms with van der Waals surface area (Å²) in [6.45, 7) is 2.98. The second-order valence-corrected chi connectivity index (χ2v) is 7.43. The average Bonchev–Trinajstić information content (AvgIpc) is 3.10. The molecule has 4 nitrogen and oxygen atoms in total. The zero-order valence-electron chi connectivity index (χ0n) is 16.5. The van der Waals surface area contributed by atoms with Gasteiger partial charge in [-0.25, -0.2) is 0 Å². The Morgan fingerprint density at radius 2 is 1.86 bits per heavy atom. The standard InChI is InChI=1S/C24H29NO3/c1-28-23-14-9-8-13-21(23)22-18-25(16-19-10-4-2-5-11-19)17-20(22)12-6-3-7-15-24(26)27/h2-6,8-11,13-14,20,22H,7,12,15-18H2,1H3,(H,26,27)/b6-3-/t20-,22+/m1/s1. The molecule has 1 heterocycles. The molecule has 0 unspecified atom stereocenters. The van der Waals surface area contributed by atoms with E-state index in [1.54, 1.807) is 7.11 Å². The predicted octanol–water partition coefficient (Wildman–Crippen LogP) is 4.72. The van der Waals surface area contributed by atoms with E-state index in [2.05, 4.69) is 53.4 Å². The molecule has 0 aromatic heterocycles. The number of methoxy groups -OCH3 is 1. The second kappa shape index (κ2) is 10.1. The fraction of sp³-hybridized carbons (Fsp3) is 0.375. The van der Waals surface area contributed by atoms with Crippen LogP contribution in [0.5, 0.6) is 5.75 Å². The van der Waals surface area contributed by atoms with E-state index < -0.39 is 5.97 Å². The first-order valence-electron chi connectivity index (χ1n) is 9.93. The Bertz CT molecular complexity index is 787. The van der Waals surface area contributed by atoms with E-state index in [1.165, 1.54) is 11.1 Å². The van der Waals surface area contributed by atoms with E-state index in [0.29, 0.717) is 18.3 Å². The maximum Gasteiger partial charge on any atom is 0.303 e. The molecule has 2 atom stereocenters. The van der Waals surface area contributed by atoms with Gasteiger partial charge in [-0.15, -0.1) is 0 Å². The van der Waals surface area contributed by atoms with Crippen molar-refractivity contribution in [3.63, 3.8) is 0 Å². The molecule has 3 rings (SSSR count). The van der Waals surface area contributed by atoms with Crippen LogP contribution in [0.25, 0.3) is 0 Å². The van der Waals surface area contributed by atoms with Gasteiger partial charge in [0, 0.05) is 32.0 Å². The molecule has 0 amide bonds. The smallest absolute Gasteiger partial charge is 0.303 e. The summed E-state index contributed by atoms with van der Waals surface area (Å²) < 4.78 is 5.63. The lowest BCUT2D eigenvalue weighted by Gasteiger charge is -2.20. The molecule has 1 aliphatic heterocycles. The molecule has 2 aromatic carbocycles. The van der Waals surface area contributed by atoms with Crippen molar-refractivity contribution >= 4 is 5.97 Å². The lowest BCUT2D eigenvalue weighted by atomic mass is 9.86. The zero-order chi connectivity index (χ0) is 19.8. The molecule has 1 N–H and O–H groups in total. The van der Waals surface area contributed by atoms with E-state index in [-0.39, 0.29) is 6.42 Å². The van der Waals surface area contributed by atoms with Crippen molar-refractivity contribution in [2.75, 3.05) is 20.2 Å². The minimum absolute atomic E-state index is 0.192. The van der Waals surface area contributed by atoms with Crippen molar-refractivity contribution in [3.8, 4) is 5.75 Å². The Kier molecular flexibility index (Phi) is 7.26. The van der Waals surface area contributed by atoms with Crippen molar-refractivity contribution < 1.29 is 14.6 Å². The van der Waals surface area contributed by atoms with Crippen molar-refractivity contribution in [2.24, 2.45) is 5.92 Å². The third-order valence-corrected chi connectivity index (χ3v) is 5.43. The predicted molar refractivity (Wildman–Crippen MR) is 112 cm³/mol. The molecule has 0 saturated carbocycles. The number of hydrogen-bond donors (Lipinski definition) is 1. The first kappa shape index (κ1) is 20.2. The topological polar surface area (TPSA) is 49.8 Å². The first-order chi connectivity index (χ1) is 13.7. The van der Waals surface area contributed by atoms with Crippen LogP contribution >= 0.6 is 0 Å². The lowest BCUT2D eigenvalue weighted by Crippen LogP contribution is -2.20. The van der Waals surface area contributed by atoms with Gasteiger partial charge >= 0.3 is 5.97 Å². The summed E-state index contributed by atoms with van der Waals surface area (Å²) in [6.07, 6.45) is 5.90. The fourth-order valence-electron chi connectivity index (χ4n) is 4.09. The number of nitrogens with zero attached hydrogens (tertiary/aromatic N) is 1. The molecule has 1 aliphatic rings. The van der Waals surface area contributed by atoms with Crippen LogP contribution in [0.3, 0.4) is 0 Å². The number of likely N-dealkylation sites (tertiary alicyclic amines) is 1. The maximum absolute atomic E-state index is 10.7. The molecule has 0 aliphatic carbocycles. The number of carbonyl (C=O) groups is 1. The van der Waals surface area contributed by atoms with Crippen LogP contribution in [-0.4, -0.2) is 36.2 Å². The minimum Gasteiger partial charge on any atom is -0.496 e. The Hall–Kier alpha value is -2.59. The van der Waals surface area contributed by atoms with Crippen molar-refractivity contribution in [1.82, 2.24) is 4.90 Å². The van der Waals surface area contributed by atoms with Gasteiger partial charge in [-0.3, -0.25) is 9.69 Å². The summed E-state index contributed by atoms with van der Waals surface area (Å²) in [5.41, 5.74) is 2.60. The molecule has 1 fully saturated rings. The third-order valence-electron chi connectivity index (χ3n) is 5.43. The number of carboxylic acid groups (broad SMARTS) is 1. The average molecular weight is 380 g/mol. The number of hydrogen-bond acceptors (Lipinski definition) is 3. The Balaban J connectivity index is 1.72. The highest BCUT2D eigenvalue weighted by Gasteiger charge is 2.34. The summed E-state index contributed by atoms with van der Waals surface area (Å²) in [7, 11) is 1.73. The second-order valence-electron chi connectivity index (χ2n) is 7.43. The highest BCUT2D eigenvalue weighted by molar-refractivity contribution is 5.66. The van der Waals surface area contributed by atoms with Crippen molar-refractivity contribution in [3.05, 3.63) is 77.9 Å². The maximum atomic E-state index is 10.7. The summed E-state index contributed by atoms with van der Waals surface area (Å²) in [5, 5.41) is 8.79. The summed E-state index contributed by atoms with van der Waals surface area (Å²) in [5.74, 6) is 1.10. The summed E-state index contributed by atoms with van der Waals surface area (Å²) >= 11 is 0. The molecular weight excluding hydrogens is 350 g/mol. The molecule has 28 heavy (non-hydrogen) atoms. The molecule has 0 radical (unpaired) electrons. The van der Waals surface area contributed by atoms with Crippen molar-refractivity contribution in [2.45, 2.75) is 31.7 Å². The highest BCUT2D eigenvalue weighted by Crippen LogP contribution is 2.39. The van der Waals surface area contributed by atoms with Crippen LogP contribution in [0.15, 0.2) is 66.7 Å². The first-order valence-corrected chi connectivity index (χ1v) is 9.93. The van der Waals surface area contributed by atoms with Crippen molar-refractivity contribution in [1.29, 1.82) is 0 Å². The largest absolute Gasteiger partial charge is 0.496 e. The normalized spacial score (nSPS) is 19.9. The van der Waals surface area contributed by atoms with Gasteiger partial charge in [0.15, 0.2) is 0 Å². The van der Waals surface area contributed by atoms with Crippen LogP contribution < -0.4 is 4.74 Å². The Morgan fingerprint density at radius 3 is 2.61 bits per heavy atom. The number of aliphatic carboxylic acids is 1. The monoisotopic (exact) mass is 379 g/mol. The van der Waals surface area contributed by atoms with Crippen LogP contribution in [0.1, 0.15) is 36.3 Å². The number of carboxylic acids is 1. The van der Waals surface area contributed by atoms with Gasteiger partial charge in [-0.2, -0.15) is 0 Å². The van der Waals surface area contributed by atoms with E-state index in [0.717, 1.165) is 31.8 Å². The quantitative estimate of drug-likeness (QED) is 0.641. The number of allylic oxidation sites excluding steroid dienone is 2. The Morgan fingerprint density at radius 1 is 1.11 bits per heavy atom. The molecule has 2 aromatic rings. The molecule has 1 saturated heterocycles. The Labute approximate surface area is 167 Å². The SMILES string of the molecule is COc1ccccc1[C@H]1CN(Cc2ccccc2)C[C@H]1C/C=C\CCC(=O)O. The number of rotatable bonds is 9. The van der Waals surface area contributed by atoms with E-state index >= 15 is 0 Å². The number of benzene rings is 2. The van der Waals surface area contributed by atoms with E-state index in [9.17, 15) is 4.79 Å². The highest BCUT2D eigenvalue weighted by atomic mass is 16.5. The van der Waals surface area contributed by atoms with Gasteiger partial charge in [0.1, 0.15) is 5.75 Å². The van der Waals surface area contributed by atoms with Crippen LogP contribution in [0.2, 0.25) is 0 Å². The van der Waals surface area contributed by atoms with Crippen LogP contribution in [0.4, 0.5) is 0 Å².